The predicted molar refractivity (Wildman–Crippen MR) is 128 cm³/mol. The summed E-state index contributed by atoms with van der Waals surface area (Å²) in [6.45, 7) is 1.07. The molecule has 4 rings (SSSR count). The maximum atomic E-state index is 13.3. The Hall–Kier alpha value is -2.44. The summed E-state index contributed by atoms with van der Waals surface area (Å²) in [5.41, 5.74) is 1.65. The molecule has 0 saturated carbocycles. The number of hydrogen-bond donors (Lipinski definition) is 0. The van der Waals surface area contributed by atoms with E-state index in [-0.39, 0.29) is 12.0 Å². The van der Waals surface area contributed by atoms with E-state index in [1.54, 1.807) is 29.4 Å². The van der Waals surface area contributed by atoms with E-state index in [2.05, 4.69) is 4.98 Å². The van der Waals surface area contributed by atoms with Gasteiger partial charge in [-0.15, -0.1) is 0 Å². The number of piperidine rings is 1. The van der Waals surface area contributed by atoms with Crippen LogP contribution in [0.1, 0.15) is 80.8 Å². The topological polar surface area (TPSA) is 60.9 Å². The van der Waals surface area contributed by atoms with Crippen LogP contribution in [0.15, 0.2) is 42.7 Å². The predicted octanol–water partition coefficient (Wildman–Crippen LogP) is 5.11. The molecule has 2 atom stereocenters. The van der Waals surface area contributed by atoms with Crippen molar-refractivity contribution >= 4 is 5.91 Å². The second kappa shape index (κ2) is 10.2. The minimum Gasteiger partial charge on any atom is -0.491 e. The summed E-state index contributed by atoms with van der Waals surface area (Å²) in [4.78, 5) is 19.3. The third-order valence-electron chi connectivity index (χ3n) is 6.50. The van der Waals surface area contributed by atoms with Gasteiger partial charge in [-0.05, 0) is 75.9 Å². The highest BCUT2D eigenvalue weighted by Crippen LogP contribution is 2.44. The highest BCUT2D eigenvalue weighted by Gasteiger charge is 2.45. The first kappa shape index (κ1) is 18.0. The number of hydrogen-bond acceptors (Lipinski definition) is 5. The summed E-state index contributed by atoms with van der Waals surface area (Å²) >= 11 is 0. The lowest BCUT2D eigenvalue weighted by atomic mass is 9.80. The molecule has 0 radical (unpaired) electrons. The Bertz CT molecular complexity index is 1120. The largest absolute Gasteiger partial charge is 0.491 e. The summed E-state index contributed by atoms with van der Waals surface area (Å²) in [7, 11) is 0. The minimum absolute atomic E-state index is 0.0438. The van der Waals surface area contributed by atoms with Crippen LogP contribution in [0.5, 0.6) is 5.75 Å². The third kappa shape index (κ3) is 5.56. The number of aryl methyl sites for hydroxylation is 1. The van der Waals surface area contributed by atoms with Gasteiger partial charge in [0, 0.05) is 54.6 Å². The van der Waals surface area contributed by atoms with Crippen LogP contribution >= 0.6 is 0 Å². The lowest BCUT2D eigenvalue weighted by Gasteiger charge is -2.48. The molecule has 1 spiro atoms. The van der Waals surface area contributed by atoms with Crippen LogP contribution in [-0.2, 0) is 9.47 Å². The molecule has 2 aromatic rings. The Labute approximate surface area is 204 Å². The zero-order valence-electron chi connectivity index (χ0n) is 24.5. The van der Waals surface area contributed by atoms with E-state index in [0.717, 1.165) is 16.9 Å². The number of carbonyl (C=O) groups is 1. The minimum atomic E-state index is -2.91. The molecule has 3 heterocycles. The molecular weight excluding hydrogens is 416 g/mol. The van der Waals surface area contributed by atoms with Crippen LogP contribution in [0.25, 0.3) is 0 Å². The molecule has 0 unspecified atom stereocenters. The second-order valence-corrected chi connectivity index (χ2v) is 9.30. The summed E-state index contributed by atoms with van der Waals surface area (Å²) in [5.74, 6) is 0.694. The average Bonchev–Trinajstić information content (AvgIpc) is 2.84. The van der Waals surface area contributed by atoms with Gasteiger partial charge in [-0.1, -0.05) is 6.07 Å². The molecule has 0 bridgehead atoms. The molecule has 2 saturated heterocycles. The van der Waals surface area contributed by atoms with Crippen molar-refractivity contribution in [2.24, 2.45) is 0 Å². The fourth-order valence-electron chi connectivity index (χ4n) is 4.87. The van der Waals surface area contributed by atoms with Crippen molar-refractivity contribution < 1.29 is 25.9 Å². The van der Waals surface area contributed by atoms with Gasteiger partial charge in [0.25, 0.3) is 5.91 Å². The number of benzene rings is 1. The fraction of sp³-hybridized carbons (Fsp3) is 0.556. The maximum absolute atomic E-state index is 13.3. The van der Waals surface area contributed by atoms with E-state index in [9.17, 15) is 4.79 Å². The van der Waals surface area contributed by atoms with Crippen LogP contribution in [0.4, 0.5) is 0 Å². The molecule has 2 fully saturated rings. The normalized spacial score (nSPS) is 25.6. The van der Waals surface area contributed by atoms with Gasteiger partial charge in [0.15, 0.2) is 0 Å². The average molecular weight is 458 g/mol. The molecule has 6 heteroatoms. The molecule has 2 aliphatic rings. The Morgan fingerprint density at radius 3 is 2.85 bits per heavy atom. The van der Waals surface area contributed by atoms with Crippen molar-refractivity contribution in [1.29, 1.82) is 0 Å². The Kier molecular flexibility index (Phi) is 5.56. The van der Waals surface area contributed by atoms with Gasteiger partial charge in [0.2, 0.25) is 0 Å². The molecule has 6 nitrogen and oxygen atoms in total. The number of pyridine rings is 1. The molecule has 0 aliphatic carbocycles. The third-order valence-corrected chi connectivity index (χ3v) is 6.50. The molecule has 1 aromatic carbocycles. The molecular formula is C27H36N2O4. The highest BCUT2D eigenvalue weighted by atomic mass is 16.5. The van der Waals surface area contributed by atoms with Crippen LogP contribution in [0, 0.1) is 6.92 Å². The van der Waals surface area contributed by atoms with Gasteiger partial charge in [-0.3, -0.25) is 9.78 Å². The molecule has 0 N–H and O–H groups in total. The maximum Gasteiger partial charge on any atom is 0.253 e. The van der Waals surface area contributed by atoms with Gasteiger partial charge < -0.3 is 19.1 Å². The van der Waals surface area contributed by atoms with Crippen molar-refractivity contribution in [3.8, 4) is 5.75 Å². The molecule has 1 amide bonds. The van der Waals surface area contributed by atoms with Crippen molar-refractivity contribution in [3.05, 3.63) is 59.4 Å². The van der Waals surface area contributed by atoms with E-state index in [1.165, 1.54) is 0 Å². The number of aromatic nitrogens is 1. The summed E-state index contributed by atoms with van der Waals surface area (Å²) in [6, 6.07) is 9.16. The van der Waals surface area contributed by atoms with Crippen LogP contribution < -0.4 is 4.74 Å². The summed E-state index contributed by atoms with van der Waals surface area (Å²) < 4.78 is 56.7. The van der Waals surface area contributed by atoms with E-state index >= 15 is 0 Å². The van der Waals surface area contributed by atoms with Crippen molar-refractivity contribution in [2.45, 2.75) is 77.2 Å². The lowest BCUT2D eigenvalue weighted by Crippen LogP contribution is -2.52. The number of ether oxygens (including phenoxy) is 3. The van der Waals surface area contributed by atoms with Gasteiger partial charge in [0.05, 0.1) is 26.7 Å². The van der Waals surface area contributed by atoms with Gasteiger partial charge in [0.1, 0.15) is 5.75 Å². The Morgan fingerprint density at radius 1 is 1.36 bits per heavy atom. The quantitative estimate of drug-likeness (QED) is 0.603. The smallest absolute Gasteiger partial charge is 0.253 e. The zero-order chi connectivity index (χ0) is 27.7. The zero-order valence-corrected chi connectivity index (χ0v) is 19.5. The fourth-order valence-corrected chi connectivity index (χ4v) is 4.87. The van der Waals surface area contributed by atoms with E-state index < -0.39 is 31.2 Å². The Morgan fingerprint density at radius 2 is 2.18 bits per heavy atom. The van der Waals surface area contributed by atoms with E-state index in [1.807, 2.05) is 39.0 Å². The molecule has 2 aliphatic heterocycles. The first-order valence-corrected chi connectivity index (χ1v) is 11.6. The standard InChI is InChI=1S/C27H36N2O4/c1-5-31-23-16-25(22-7-6-12-28-18-22)33-27(17-23)10-13-29(14-11-27)26(30)21-8-9-24(20(4)15-21)32-19(2)3/h6-9,12,15,18-19,23,25H,5,10-11,13-14,16-17H2,1-4H3/t23-,25-/m1/s1/i1D3,5D2. The first-order valence-electron chi connectivity index (χ1n) is 14.1. The number of nitrogens with zero attached hydrogens (tertiary/aromatic N) is 2. The van der Waals surface area contributed by atoms with Crippen LogP contribution in [-0.4, -0.2) is 53.2 Å². The first-order chi connectivity index (χ1) is 17.8. The monoisotopic (exact) mass is 457 g/mol. The van der Waals surface area contributed by atoms with Gasteiger partial charge in [-0.25, -0.2) is 0 Å². The molecule has 178 valence electrons. The summed E-state index contributed by atoms with van der Waals surface area (Å²) in [5, 5.41) is 0. The Balaban J connectivity index is 1.49. The number of rotatable bonds is 6. The van der Waals surface area contributed by atoms with Crippen molar-refractivity contribution in [1.82, 2.24) is 9.88 Å². The van der Waals surface area contributed by atoms with Gasteiger partial charge >= 0.3 is 0 Å². The SMILES string of the molecule is [2H]C([2H])([2H])C([2H])([2H])O[C@@H]1C[C@H](c2cccnc2)OC2(CCN(C(=O)c3ccc(OC(C)C)c(C)c3)CC2)C1. The number of amides is 1. The second-order valence-electron chi connectivity index (χ2n) is 9.30. The van der Waals surface area contributed by atoms with Crippen molar-refractivity contribution in [3.63, 3.8) is 0 Å². The molecule has 33 heavy (non-hydrogen) atoms. The van der Waals surface area contributed by atoms with E-state index in [4.69, 9.17) is 21.1 Å². The lowest BCUT2D eigenvalue weighted by molar-refractivity contribution is -0.190. The van der Waals surface area contributed by atoms with Crippen LogP contribution in [0.2, 0.25) is 0 Å². The van der Waals surface area contributed by atoms with E-state index in [0.29, 0.717) is 44.3 Å². The number of carbonyl (C=O) groups excluding carboxylic acids is 1. The number of likely N-dealkylation sites (tertiary alicyclic amines) is 1. The van der Waals surface area contributed by atoms with Crippen LogP contribution in [0.3, 0.4) is 0 Å². The highest BCUT2D eigenvalue weighted by molar-refractivity contribution is 5.94. The van der Waals surface area contributed by atoms with Gasteiger partial charge in [-0.2, -0.15) is 0 Å². The molecule has 1 aromatic heterocycles. The summed E-state index contributed by atoms with van der Waals surface area (Å²) in [6.07, 6.45) is 4.04. The van der Waals surface area contributed by atoms with Crippen molar-refractivity contribution in [2.75, 3.05) is 19.6 Å².